The molecule has 1 aromatic carbocycles. The quantitative estimate of drug-likeness (QED) is 0.560. The number of aromatic nitrogens is 1. The number of fused-ring (bicyclic) bond motifs is 1. The van der Waals surface area contributed by atoms with Crippen LogP contribution in [-0.4, -0.2) is 15.8 Å². The molecule has 2 aromatic rings. The van der Waals surface area contributed by atoms with Gasteiger partial charge in [-0.2, -0.15) is 0 Å². The van der Waals surface area contributed by atoms with Crippen LogP contribution in [0.25, 0.3) is 10.9 Å². The Morgan fingerprint density at radius 3 is 2.76 bits per heavy atom. The van der Waals surface area contributed by atoms with E-state index in [0.717, 1.165) is 21.6 Å². The molecule has 4 heteroatoms. The number of hydrogen-bond donors (Lipinski definition) is 2. The molecule has 0 amide bonds. The molecule has 0 aliphatic rings. The molecule has 0 radical (unpaired) electrons. The summed E-state index contributed by atoms with van der Waals surface area (Å²) in [6.45, 7) is 3.81. The van der Waals surface area contributed by atoms with Crippen molar-refractivity contribution >= 4 is 31.0 Å². The predicted molar refractivity (Wildman–Crippen MR) is 78.5 cm³/mol. The Balaban J connectivity index is 2.68. The molecular formula is C13H15NOS2. The van der Waals surface area contributed by atoms with Gasteiger partial charge in [-0.3, -0.25) is 0 Å². The van der Waals surface area contributed by atoms with E-state index in [-0.39, 0.29) is 5.75 Å². The number of rotatable bonds is 0. The summed E-state index contributed by atoms with van der Waals surface area (Å²) in [5, 5.41) is 10.6. The van der Waals surface area contributed by atoms with Crippen molar-refractivity contribution in [3.05, 3.63) is 30.0 Å². The summed E-state index contributed by atoms with van der Waals surface area (Å²) in [4.78, 5) is 5.33. The normalized spacial score (nSPS) is 14.7. The molecule has 0 aliphatic heterocycles. The lowest BCUT2D eigenvalue weighted by molar-refractivity contribution is 0.469. The predicted octanol–water partition coefficient (Wildman–Crippen LogP) is 3.87. The molecule has 2 rings (SSSR count). The molecule has 0 fully saturated rings. The van der Waals surface area contributed by atoms with Gasteiger partial charge >= 0.3 is 0 Å². The lowest BCUT2D eigenvalue weighted by Crippen LogP contribution is -1.87. The number of hydrogen-bond acceptors (Lipinski definition) is 3. The van der Waals surface area contributed by atoms with Gasteiger partial charge in [-0.1, -0.05) is 6.92 Å². The Labute approximate surface area is 107 Å². The molecule has 90 valence electrons. The molecule has 1 N–H and O–H groups in total. The maximum atomic E-state index is 9.66. The van der Waals surface area contributed by atoms with Crippen molar-refractivity contribution in [2.75, 3.05) is 5.75 Å². The second kappa shape index (κ2) is 4.30. The molecule has 0 aliphatic carbocycles. The smallest absolute Gasteiger partial charge is 0.137 e. The molecule has 17 heavy (non-hydrogen) atoms. The van der Waals surface area contributed by atoms with Crippen LogP contribution in [0.4, 0.5) is 0 Å². The van der Waals surface area contributed by atoms with Gasteiger partial charge in [0.15, 0.2) is 0 Å². The zero-order chi connectivity index (χ0) is 12.6. The fourth-order valence-electron chi connectivity index (χ4n) is 1.63. The van der Waals surface area contributed by atoms with Gasteiger partial charge in [0, 0.05) is 10.3 Å². The Morgan fingerprint density at radius 1 is 1.41 bits per heavy atom. The van der Waals surface area contributed by atoms with Crippen molar-refractivity contribution in [1.82, 2.24) is 4.98 Å². The standard InChI is InChI=1S/C13H15NOS2/c1-4-17(3,16)11-5-6-12-10(7-11)8-13(15)9(2)14-12/h3,5-8,15-16H,4H2,1-2H3. The Kier molecular flexibility index (Phi) is 3.13. The van der Waals surface area contributed by atoms with Crippen LogP contribution in [0.3, 0.4) is 0 Å². The van der Waals surface area contributed by atoms with Crippen LogP contribution in [0.1, 0.15) is 12.6 Å². The third kappa shape index (κ3) is 2.29. The highest BCUT2D eigenvalue weighted by atomic mass is 33.1. The van der Waals surface area contributed by atoms with E-state index >= 15 is 0 Å². The van der Waals surface area contributed by atoms with E-state index in [4.69, 9.17) is 5.69 Å². The highest BCUT2D eigenvalue weighted by Gasteiger charge is 2.08. The summed E-state index contributed by atoms with van der Waals surface area (Å²) in [6.07, 6.45) is 0. The van der Waals surface area contributed by atoms with Gasteiger partial charge in [0.2, 0.25) is 0 Å². The van der Waals surface area contributed by atoms with Crippen molar-refractivity contribution in [2.45, 2.75) is 18.7 Å². The number of benzene rings is 1. The zero-order valence-corrected chi connectivity index (χ0v) is 11.6. The number of aryl methyl sites for hydroxylation is 1. The van der Waals surface area contributed by atoms with Crippen LogP contribution in [0.2, 0.25) is 0 Å². The second-order valence-electron chi connectivity index (χ2n) is 3.99. The second-order valence-corrected chi connectivity index (χ2v) is 8.50. The summed E-state index contributed by atoms with van der Waals surface area (Å²) < 4.78 is 0. The zero-order valence-electron chi connectivity index (χ0n) is 9.84. The Bertz CT molecular complexity index is 682. The van der Waals surface area contributed by atoms with Crippen LogP contribution >= 0.6 is 20.1 Å². The van der Waals surface area contributed by atoms with E-state index in [9.17, 15) is 5.11 Å². The molecule has 0 bridgehead atoms. The molecule has 0 saturated heterocycles. The molecule has 0 spiro atoms. The first-order valence-corrected chi connectivity index (χ1v) is 8.27. The summed E-state index contributed by atoms with van der Waals surface area (Å²) >= 11 is 4.53. The first kappa shape index (κ1) is 12.4. The molecule has 1 unspecified atom stereocenters. The number of pyridine rings is 1. The summed E-state index contributed by atoms with van der Waals surface area (Å²) in [5.41, 5.74) is 7.66. The van der Waals surface area contributed by atoms with Crippen molar-refractivity contribution in [2.24, 2.45) is 0 Å². The molecule has 0 saturated carbocycles. The van der Waals surface area contributed by atoms with Gasteiger partial charge in [-0.05, 0) is 36.9 Å². The van der Waals surface area contributed by atoms with Gasteiger partial charge < -0.3 is 5.11 Å². The SMILES string of the molecule is C#S(S)(CC)c1ccc2nc(C)c(O)cc2c1. The van der Waals surface area contributed by atoms with Crippen LogP contribution in [-0.2, 0) is 0 Å². The Morgan fingerprint density at radius 2 is 2.12 bits per heavy atom. The molecule has 2 nitrogen and oxygen atoms in total. The highest BCUT2D eigenvalue weighted by molar-refractivity contribution is 8.82. The first-order chi connectivity index (χ1) is 7.94. The van der Waals surface area contributed by atoms with Crippen LogP contribution in [0, 0.1) is 12.6 Å². The monoisotopic (exact) mass is 265 g/mol. The number of aromatic hydroxyl groups is 1. The molecule has 1 atom stereocenters. The lowest BCUT2D eigenvalue weighted by atomic mass is 10.2. The molecule has 1 heterocycles. The van der Waals surface area contributed by atoms with E-state index in [1.54, 1.807) is 13.0 Å². The van der Waals surface area contributed by atoms with Crippen molar-refractivity contribution < 1.29 is 5.11 Å². The third-order valence-electron chi connectivity index (χ3n) is 2.80. The van der Waals surface area contributed by atoms with Crippen molar-refractivity contribution in [1.29, 1.82) is 0 Å². The molecule has 1 aromatic heterocycles. The maximum Gasteiger partial charge on any atom is 0.137 e. The van der Waals surface area contributed by atoms with Crippen LogP contribution in [0.15, 0.2) is 29.2 Å². The minimum atomic E-state index is -1.53. The van der Waals surface area contributed by atoms with E-state index in [1.807, 2.05) is 25.1 Å². The van der Waals surface area contributed by atoms with Gasteiger partial charge in [-0.25, -0.2) is 4.98 Å². The van der Waals surface area contributed by atoms with E-state index < -0.39 is 8.47 Å². The van der Waals surface area contributed by atoms with Crippen LogP contribution in [0.5, 0.6) is 5.75 Å². The summed E-state index contributed by atoms with van der Waals surface area (Å²) in [7, 11) is -1.53. The fourth-order valence-corrected chi connectivity index (χ4v) is 2.94. The average Bonchev–Trinajstić information content (AvgIpc) is 2.30. The van der Waals surface area contributed by atoms with E-state index in [1.165, 1.54) is 0 Å². The average molecular weight is 265 g/mol. The topological polar surface area (TPSA) is 33.1 Å². The third-order valence-corrected chi connectivity index (χ3v) is 6.16. The number of thiol groups is 1. The van der Waals surface area contributed by atoms with Crippen molar-refractivity contribution in [3.63, 3.8) is 0 Å². The van der Waals surface area contributed by atoms with E-state index in [2.05, 4.69) is 16.6 Å². The van der Waals surface area contributed by atoms with Gasteiger partial charge in [0.1, 0.15) is 5.75 Å². The minimum absolute atomic E-state index is 0.211. The van der Waals surface area contributed by atoms with E-state index in [0.29, 0.717) is 5.69 Å². The van der Waals surface area contributed by atoms with Gasteiger partial charge in [0.05, 0.1) is 11.2 Å². The van der Waals surface area contributed by atoms with Crippen LogP contribution < -0.4 is 0 Å². The highest BCUT2D eigenvalue weighted by Crippen LogP contribution is 2.46. The summed E-state index contributed by atoms with van der Waals surface area (Å²) in [6, 6.07) is 7.59. The lowest BCUT2D eigenvalue weighted by Gasteiger charge is -2.15. The number of nitrogens with zero attached hydrogens (tertiary/aromatic N) is 1. The minimum Gasteiger partial charge on any atom is -0.506 e. The van der Waals surface area contributed by atoms with Crippen molar-refractivity contribution in [3.8, 4) is 11.4 Å². The summed E-state index contributed by atoms with van der Waals surface area (Å²) in [5.74, 6) is 1.02. The van der Waals surface area contributed by atoms with Gasteiger partial charge in [0.25, 0.3) is 0 Å². The van der Waals surface area contributed by atoms with Gasteiger partial charge in [-0.15, -0.1) is 25.8 Å². The largest absolute Gasteiger partial charge is 0.506 e. The maximum absolute atomic E-state index is 9.66. The Hall–Kier alpha value is -1.09. The fraction of sp³-hybridized carbons (Fsp3) is 0.231. The first-order valence-electron chi connectivity index (χ1n) is 5.35. The molecular weight excluding hydrogens is 250 g/mol.